The van der Waals surface area contributed by atoms with Crippen LogP contribution >= 0.6 is 0 Å². The molecule has 0 spiro atoms. The average Bonchev–Trinajstić information content (AvgIpc) is 3.02. The van der Waals surface area contributed by atoms with Crippen LogP contribution in [0.1, 0.15) is 6.42 Å². The molecule has 1 N–H and O–H groups in total. The van der Waals surface area contributed by atoms with Gasteiger partial charge in [0, 0.05) is 6.61 Å². The lowest BCUT2D eigenvalue weighted by atomic mass is 10.3. The van der Waals surface area contributed by atoms with Gasteiger partial charge in [-0.3, -0.25) is 0 Å². The average molecular weight is 231 g/mol. The quantitative estimate of drug-likeness (QED) is 0.848. The Kier molecular flexibility index (Phi) is 2.71. The molecule has 1 aromatic carbocycles. The number of hydrogen-bond acceptors (Lipinski definition) is 5. The predicted molar refractivity (Wildman–Crippen MR) is 62.0 cm³/mol. The maximum atomic E-state index is 5.31. The van der Waals surface area contributed by atoms with E-state index in [-0.39, 0.29) is 0 Å². The summed E-state index contributed by atoms with van der Waals surface area (Å²) in [5, 5.41) is 15.0. The Morgan fingerprint density at radius 2 is 2.18 bits per heavy atom. The second-order valence-electron chi connectivity index (χ2n) is 3.95. The number of nitrogens with zero attached hydrogens (tertiary/aromatic N) is 4. The Bertz CT molecular complexity index is 478. The van der Waals surface area contributed by atoms with E-state index in [1.54, 1.807) is 4.68 Å². The van der Waals surface area contributed by atoms with E-state index in [0.717, 1.165) is 18.7 Å². The molecular formula is C11H13N5O. The van der Waals surface area contributed by atoms with E-state index < -0.39 is 0 Å². The topological polar surface area (TPSA) is 64.9 Å². The molecule has 2 heterocycles. The van der Waals surface area contributed by atoms with Gasteiger partial charge in [-0.05, 0) is 29.0 Å². The standard InChI is InChI=1S/C11H13N5O/c1-2-4-10(5-3-1)16-11(13-14-15-16)12-9-6-7-17-8-9/h1-5,9H,6-8H2,(H,12,13,15). The van der Waals surface area contributed by atoms with Crippen molar-refractivity contribution in [3.63, 3.8) is 0 Å². The minimum Gasteiger partial charge on any atom is -0.379 e. The predicted octanol–water partition coefficient (Wildman–Crippen LogP) is 0.863. The van der Waals surface area contributed by atoms with Crippen LogP contribution in [0.15, 0.2) is 30.3 Å². The molecule has 1 saturated heterocycles. The van der Waals surface area contributed by atoms with Gasteiger partial charge in [0.25, 0.3) is 0 Å². The summed E-state index contributed by atoms with van der Waals surface area (Å²) in [7, 11) is 0. The third kappa shape index (κ3) is 2.12. The van der Waals surface area contributed by atoms with Crippen LogP contribution in [-0.2, 0) is 4.74 Å². The van der Waals surface area contributed by atoms with Gasteiger partial charge in [-0.25, -0.2) is 0 Å². The number of ether oxygens (including phenoxy) is 1. The smallest absolute Gasteiger partial charge is 0.248 e. The Morgan fingerprint density at radius 3 is 2.94 bits per heavy atom. The van der Waals surface area contributed by atoms with Crippen molar-refractivity contribution in [2.45, 2.75) is 12.5 Å². The monoisotopic (exact) mass is 231 g/mol. The van der Waals surface area contributed by atoms with Crippen LogP contribution < -0.4 is 5.32 Å². The molecule has 88 valence electrons. The van der Waals surface area contributed by atoms with Crippen molar-refractivity contribution in [1.82, 2.24) is 20.2 Å². The molecule has 2 aromatic rings. The van der Waals surface area contributed by atoms with Crippen molar-refractivity contribution >= 4 is 5.95 Å². The van der Waals surface area contributed by atoms with Crippen LogP contribution in [0.3, 0.4) is 0 Å². The van der Waals surface area contributed by atoms with Crippen LogP contribution in [0.4, 0.5) is 5.95 Å². The van der Waals surface area contributed by atoms with Gasteiger partial charge in [0.05, 0.1) is 18.3 Å². The normalized spacial score (nSPS) is 19.4. The van der Waals surface area contributed by atoms with Gasteiger partial charge in [-0.1, -0.05) is 23.3 Å². The number of aromatic nitrogens is 4. The lowest BCUT2D eigenvalue weighted by Crippen LogP contribution is -2.21. The number of anilines is 1. The molecule has 1 unspecified atom stereocenters. The maximum absolute atomic E-state index is 5.31. The SMILES string of the molecule is c1ccc(-n2nnnc2NC2CCOC2)cc1. The first kappa shape index (κ1) is 10.2. The molecular weight excluding hydrogens is 218 g/mol. The van der Waals surface area contributed by atoms with E-state index in [2.05, 4.69) is 20.8 Å². The van der Waals surface area contributed by atoms with E-state index in [1.165, 1.54) is 0 Å². The Morgan fingerprint density at radius 1 is 1.29 bits per heavy atom. The number of hydrogen-bond donors (Lipinski definition) is 1. The molecule has 1 aromatic heterocycles. The number of benzene rings is 1. The molecule has 1 atom stereocenters. The van der Waals surface area contributed by atoms with Crippen LogP contribution in [0.2, 0.25) is 0 Å². The van der Waals surface area contributed by atoms with Gasteiger partial charge in [0.15, 0.2) is 0 Å². The highest BCUT2D eigenvalue weighted by Crippen LogP contribution is 2.14. The molecule has 6 heteroatoms. The minimum atomic E-state index is 0.295. The number of tetrazole rings is 1. The molecule has 1 aliphatic rings. The van der Waals surface area contributed by atoms with Crippen LogP contribution in [0.5, 0.6) is 0 Å². The third-order valence-corrected chi connectivity index (χ3v) is 2.73. The summed E-state index contributed by atoms with van der Waals surface area (Å²) in [6, 6.07) is 10.1. The fourth-order valence-corrected chi connectivity index (χ4v) is 1.85. The zero-order chi connectivity index (χ0) is 11.5. The largest absolute Gasteiger partial charge is 0.379 e. The Labute approximate surface area is 98.6 Å². The van der Waals surface area contributed by atoms with Crippen molar-refractivity contribution in [1.29, 1.82) is 0 Å². The second kappa shape index (κ2) is 4.50. The number of rotatable bonds is 3. The minimum absolute atomic E-state index is 0.295. The van der Waals surface area contributed by atoms with Gasteiger partial charge in [-0.2, -0.15) is 4.68 Å². The molecule has 1 aliphatic heterocycles. The van der Waals surface area contributed by atoms with E-state index in [1.807, 2.05) is 30.3 Å². The fourth-order valence-electron chi connectivity index (χ4n) is 1.85. The summed E-state index contributed by atoms with van der Waals surface area (Å²) in [6.07, 6.45) is 0.988. The van der Waals surface area contributed by atoms with Gasteiger partial charge in [-0.15, -0.1) is 0 Å². The van der Waals surface area contributed by atoms with E-state index >= 15 is 0 Å². The van der Waals surface area contributed by atoms with Crippen LogP contribution in [0, 0.1) is 0 Å². The number of nitrogens with one attached hydrogen (secondary N) is 1. The van der Waals surface area contributed by atoms with Crippen LogP contribution in [0.25, 0.3) is 5.69 Å². The second-order valence-corrected chi connectivity index (χ2v) is 3.95. The van der Waals surface area contributed by atoms with E-state index in [4.69, 9.17) is 4.74 Å². The first-order valence-electron chi connectivity index (χ1n) is 5.61. The summed E-state index contributed by atoms with van der Waals surface area (Å²) >= 11 is 0. The molecule has 6 nitrogen and oxygen atoms in total. The van der Waals surface area contributed by atoms with E-state index in [0.29, 0.717) is 18.6 Å². The van der Waals surface area contributed by atoms with Gasteiger partial charge in [0.1, 0.15) is 0 Å². The molecule has 17 heavy (non-hydrogen) atoms. The molecule has 1 fully saturated rings. The Balaban J connectivity index is 1.84. The Hall–Kier alpha value is -1.95. The van der Waals surface area contributed by atoms with Crippen molar-refractivity contribution in [3.05, 3.63) is 30.3 Å². The summed E-state index contributed by atoms with van der Waals surface area (Å²) in [5.74, 6) is 0.659. The lowest BCUT2D eigenvalue weighted by molar-refractivity contribution is 0.195. The zero-order valence-electron chi connectivity index (χ0n) is 9.28. The van der Waals surface area contributed by atoms with Crippen molar-refractivity contribution in [2.24, 2.45) is 0 Å². The summed E-state index contributed by atoms with van der Waals surface area (Å²) in [4.78, 5) is 0. The maximum Gasteiger partial charge on any atom is 0.248 e. The highest BCUT2D eigenvalue weighted by Gasteiger charge is 2.18. The van der Waals surface area contributed by atoms with Crippen molar-refractivity contribution < 1.29 is 4.74 Å². The molecule has 0 radical (unpaired) electrons. The van der Waals surface area contributed by atoms with Crippen molar-refractivity contribution in [3.8, 4) is 5.69 Å². The number of para-hydroxylation sites is 1. The van der Waals surface area contributed by atoms with E-state index in [9.17, 15) is 0 Å². The molecule has 0 bridgehead atoms. The van der Waals surface area contributed by atoms with Gasteiger partial charge in [0.2, 0.25) is 5.95 Å². The third-order valence-electron chi connectivity index (χ3n) is 2.73. The summed E-state index contributed by atoms with van der Waals surface area (Å²) < 4.78 is 7.00. The lowest BCUT2D eigenvalue weighted by Gasteiger charge is -2.11. The summed E-state index contributed by atoms with van der Waals surface area (Å²) in [5.41, 5.74) is 0.943. The molecule has 3 rings (SSSR count). The summed E-state index contributed by atoms with van der Waals surface area (Å²) in [6.45, 7) is 1.51. The fraction of sp³-hybridized carbons (Fsp3) is 0.364. The molecule has 0 aliphatic carbocycles. The highest BCUT2D eigenvalue weighted by molar-refractivity contribution is 5.38. The van der Waals surface area contributed by atoms with Crippen LogP contribution in [-0.4, -0.2) is 39.5 Å². The van der Waals surface area contributed by atoms with Gasteiger partial charge < -0.3 is 10.1 Å². The zero-order valence-corrected chi connectivity index (χ0v) is 9.28. The highest BCUT2D eigenvalue weighted by atomic mass is 16.5. The van der Waals surface area contributed by atoms with Gasteiger partial charge >= 0.3 is 0 Å². The van der Waals surface area contributed by atoms with Crippen molar-refractivity contribution in [2.75, 3.05) is 18.5 Å². The molecule has 0 amide bonds. The molecule has 0 saturated carbocycles. The first-order chi connectivity index (χ1) is 8.43. The first-order valence-corrected chi connectivity index (χ1v) is 5.61.